The maximum atomic E-state index is 13.2. The van der Waals surface area contributed by atoms with Crippen molar-refractivity contribution in [3.05, 3.63) is 102 Å². The summed E-state index contributed by atoms with van der Waals surface area (Å²) in [6.45, 7) is 1.32. The van der Waals surface area contributed by atoms with Gasteiger partial charge in [-0.15, -0.1) is 0 Å². The van der Waals surface area contributed by atoms with E-state index < -0.39 is 5.92 Å². The molecule has 0 saturated carbocycles. The van der Waals surface area contributed by atoms with Gasteiger partial charge in [0.25, 0.3) is 5.91 Å². The number of hydrogen-bond donors (Lipinski definition) is 2. The minimum Gasteiger partial charge on any atom is -0.351 e. The fourth-order valence-electron chi connectivity index (χ4n) is 3.23. The standard InChI is InChI=1S/C25H27N3O2/c1-28(2)17-16-26-24(29)21-14-9-15-22(18-21)27-25(30)23(19-10-5-3-6-11-19)20-12-7-4-8-13-20/h3-15,18,23H,16-17H2,1-2H3,(H,26,29)(H,27,30). The summed E-state index contributed by atoms with van der Waals surface area (Å²) in [6, 6.07) is 26.4. The molecule has 0 radical (unpaired) electrons. The van der Waals surface area contributed by atoms with Crippen molar-refractivity contribution in [3.63, 3.8) is 0 Å². The molecule has 3 aromatic carbocycles. The summed E-state index contributed by atoms with van der Waals surface area (Å²) in [7, 11) is 3.91. The zero-order chi connectivity index (χ0) is 21.3. The van der Waals surface area contributed by atoms with Gasteiger partial charge in [0, 0.05) is 24.3 Å². The molecule has 0 unspecified atom stereocenters. The van der Waals surface area contributed by atoms with Crippen LogP contribution < -0.4 is 10.6 Å². The fourth-order valence-corrected chi connectivity index (χ4v) is 3.23. The van der Waals surface area contributed by atoms with Gasteiger partial charge in [-0.1, -0.05) is 66.7 Å². The third-order valence-electron chi connectivity index (χ3n) is 4.76. The van der Waals surface area contributed by atoms with Crippen molar-refractivity contribution in [1.82, 2.24) is 10.2 Å². The highest BCUT2D eigenvalue weighted by atomic mass is 16.2. The molecule has 30 heavy (non-hydrogen) atoms. The molecule has 0 aromatic heterocycles. The van der Waals surface area contributed by atoms with Crippen LogP contribution in [0.2, 0.25) is 0 Å². The van der Waals surface area contributed by atoms with Crippen molar-refractivity contribution in [2.24, 2.45) is 0 Å². The van der Waals surface area contributed by atoms with Gasteiger partial charge < -0.3 is 15.5 Å². The topological polar surface area (TPSA) is 61.4 Å². The molecule has 0 aliphatic rings. The summed E-state index contributed by atoms with van der Waals surface area (Å²) in [5, 5.41) is 5.87. The Morgan fingerprint density at radius 1 is 0.833 bits per heavy atom. The van der Waals surface area contributed by atoms with Gasteiger partial charge in [0.1, 0.15) is 0 Å². The summed E-state index contributed by atoms with van der Waals surface area (Å²) in [5.41, 5.74) is 2.94. The lowest BCUT2D eigenvalue weighted by Crippen LogP contribution is -2.31. The van der Waals surface area contributed by atoms with Gasteiger partial charge in [-0.3, -0.25) is 9.59 Å². The average molecular weight is 402 g/mol. The van der Waals surface area contributed by atoms with E-state index in [4.69, 9.17) is 0 Å². The molecule has 3 rings (SSSR count). The molecule has 0 bridgehead atoms. The third-order valence-corrected chi connectivity index (χ3v) is 4.76. The first-order chi connectivity index (χ1) is 14.5. The Morgan fingerprint density at radius 2 is 1.43 bits per heavy atom. The minimum absolute atomic E-state index is 0.141. The van der Waals surface area contributed by atoms with Crippen LogP contribution in [0.5, 0.6) is 0 Å². The van der Waals surface area contributed by atoms with Crippen molar-refractivity contribution in [1.29, 1.82) is 0 Å². The van der Waals surface area contributed by atoms with Crippen LogP contribution in [0.1, 0.15) is 27.4 Å². The highest BCUT2D eigenvalue weighted by molar-refractivity contribution is 6.00. The van der Waals surface area contributed by atoms with Crippen molar-refractivity contribution < 1.29 is 9.59 Å². The molecular weight excluding hydrogens is 374 g/mol. The highest BCUT2D eigenvalue weighted by Crippen LogP contribution is 2.26. The van der Waals surface area contributed by atoms with Crippen LogP contribution >= 0.6 is 0 Å². The van der Waals surface area contributed by atoms with E-state index >= 15 is 0 Å². The number of nitrogens with one attached hydrogen (secondary N) is 2. The van der Waals surface area contributed by atoms with E-state index in [1.807, 2.05) is 79.7 Å². The number of nitrogens with zero attached hydrogens (tertiary/aromatic N) is 1. The van der Waals surface area contributed by atoms with E-state index in [2.05, 4.69) is 10.6 Å². The molecule has 2 N–H and O–H groups in total. The number of benzene rings is 3. The number of hydrogen-bond acceptors (Lipinski definition) is 3. The predicted octanol–water partition coefficient (Wildman–Crippen LogP) is 3.75. The fraction of sp³-hybridized carbons (Fsp3) is 0.200. The molecule has 5 heteroatoms. The third kappa shape index (κ3) is 5.78. The summed E-state index contributed by atoms with van der Waals surface area (Å²) in [4.78, 5) is 27.6. The number of likely N-dealkylation sites (N-methyl/N-ethyl adjacent to an activating group) is 1. The molecule has 154 valence electrons. The number of carbonyl (C=O) groups is 2. The van der Waals surface area contributed by atoms with Crippen molar-refractivity contribution in [2.75, 3.05) is 32.5 Å². The maximum Gasteiger partial charge on any atom is 0.251 e. The monoisotopic (exact) mass is 401 g/mol. The molecule has 0 aliphatic heterocycles. The van der Waals surface area contributed by atoms with E-state index in [9.17, 15) is 9.59 Å². The number of carbonyl (C=O) groups excluding carboxylic acids is 2. The Balaban J connectivity index is 1.77. The maximum absolute atomic E-state index is 13.2. The van der Waals surface area contributed by atoms with E-state index in [1.165, 1.54) is 0 Å². The highest BCUT2D eigenvalue weighted by Gasteiger charge is 2.22. The summed E-state index contributed by atoms with van der Waals surface area (Å²) in [5.74, 6) is -0.738. The van der Waals surface area contributed by atoms with Gasteiger partial charge in [-0.05, 0) is 43.4 Å². The van der Waals surface area contributed by atoms with E-state index in [-0.39, 0.29) is 11.8 Å². The van der Waals surface area contributed by atoms with Crippen LogP contribution in [0.3, 0.4) is 0 Å². The second-order valence-corrected chi connectivity index (χ2v) is 7.38. The molecule has 0 spiro atoms. The Hall–Kier alpha value is -3.44. The summed E-state index contributed by atoms with van der Waals surface area (Å²) in [6.07, 6.45) is 0. The number of rotatable bonds is 8. The second-order valence-electron chi connectivity index (χ2n) is 7.38. The Labute approximate surface area is 177 Å². The van der Waals surface area contributed by atoms with Gasteiger partial charge in [-0.25, -0.2) is 0 Å². The minimum atomic E-state index is -0.440. The van der Waals surface area contributed by atoms with Crippen molar-refractivity contribution >= 4 is 17.5 Å². The molecule has 0 fully saturated rings. The van der Waals surface area contributed by atoms with Crippen molar-refractivity contribution in [2.45, 2.75) is 5.92 Å². The van der Waals surface area contributed by atoms with E-state index in [1.54, 1.807) is 24.3 Å². The van der Waals surface area contributed by atoms with Gasteiger partial charge in [0.2, 0.25) is 5.91 Å². The van der Waals surface area contributed by atoms with Gasteiger partial charge in [-0.2, -0.15) is 0 Å². The van der Waals surface area contributed by atoms with Gasteiger partial charge in [0.05, 0.1) is 5.92 Å². The normalized spacial score (nSPS) is 10.8. The number of anilines is 1. The van der Waals surface area contributed by atoms with Crippen molar-refractivity contribution in [3.8, 4) is 0 Å². The van der Waals surface area contributed by atoms with Crippen LogP contribution in [0.25, 0.3) is 0 Å². The Morgan fingerprint density at radius 3 is 2.00 bits per heavy atom. The van der Waals surface area contributed by atoms with Crippen LogP contribution in [0, 0.1) is 0 Å². The summed E-state index contributed by atoms with van der Waals surface area (Å²) < 4.78 is 0. The molecular formula is C25H27N3O2. The lowest BCUT2D eigenvalue weighted by molar-refractivity contribution is -0.116. The molecule has 0 aliphatic carbocycles. The van der Waals surface area contributed by atoms with E-state index in [0.29, 0.717) is 17.8 Å². The quantitative estimate of drug-likeness (QED) is 0.604. The molecule has 5 nitrogen and oxygen atoms in total. The van der Waals surface area contributed by atoms with E-state index in [0.717, 1.165) is 17.7 Å². The molecule has 2 amide bonds. The number of amides is 2. The first-order valence-corrected chi connectivity index (χ1v) is 9.98. The SMILES string of the molecule is CN(C)CCNC(=O)c1cccc(NC(=O)C(c2ccccc2)c2ccccc2)c1. The smallest absolute Gasteiger partial charge is 0.251 e. The largest absolute Gasteiger partial charge is 0.351 e. The molecule has 0 saturated heterocycles. The van der Waals surface area contributed by atoms with Crippen LogP contribution in [-0.2, 0) is 4.79 Å². The van der Waals surface area contributed by atoms with Crippen LogP contribution in [0.15, 0.2) is 84.9 Å². The zero-order valence-corrected chi connectivity index (χ0v) is 17.3. The predicted molar refractivity (Wildman–Crippen MR) is 121 cm³/mol. The molecule has 3 aromatic rings. The first-order valence-electron chi connectivity index (χ1n) is 9.98. The lowest BCUT2D eigenvalue weighted by Gasteiger charge is -2.18. The first kappa shape index (κ1) is 21.3. The zero-order valence-electron chi connectivity index (χ0n) is 17.3. The van der Waals surface area contributed by atoms with Crippen LogP contribution in [0.4, 0.5) is 5.69 Å². The second kappa shape index (κ2) is 10.4. The van der Waals surface area contributed by atoms with Crippen LogP contribution in [-0.4, -0.2) is 43.9 Å². The lowest BCUT2D eigenvalue weighted by atomic mass is 9.90. The summed E-state index contributed by atoms with van der Waals surface area (Å²) >= 11 is 0. The molecule has 0 atom stereocenters. The van der Waals surface area contributed by atoms with Gasteiger partial charge in [0.15, 0.2) is 0 Å². The van der Waals surface area contributed by atoms with Gasteiger partial charge >= 0.3 is 0 Å². The Bertz CT molecular complexity index is 932. The molecule has 0 heterocycles. The Kier molecular flexibility index (Phi) is 7.35. The average Bonchev–Trinajstić information content (AvgIpc) is 2.75.